The van der Waals surface area contributed by atoms with E-state index in [-0.39, 0.29) is 27.7 Å². The molecule has 1 rings (SSSR count). The van der Waals surface area contributed by atoms with Crippen LogP contribution < -0.4 is 5.23 Å². The lowest BCUT2D eigenvalue weighted by molar-refractivity contribution is -0.139. The molecule has 1 aromatic heterocycles. The van der Waals surface area contributed by atoms with Crippen molar-refractivity contribution in [1.29, 1.82) is 0 Å². The first-order valence-corrected chi connectivity index (χ1v) is 5.53. The molecule has 0 atom stereocenters. The van der Waals surface area contributed by atoms with Gasteiger partial charge >= 0.3 is 5.97 Å². The molecule has 0 unspecified atom stereocenters. The Balaban J connectivity index is 2.63. The lowest BCUT2D eigenvalue weighted by Gasteiger charge is -2.23. The summed E-state index contributed by atoms with van der Waals surface area (Å²) < 4.78 is 4.72. The quantitative estimate of drug-likeness (QED) is 0.475. The SMILES string of the molecule is CCOC(=O)CSc1ncccc1N([O-])O. The van der Waals surface area contributed by atoms with Crippen molar-refractivity contribution < 1.29 is 14.7 Å². The van der Waals surface area contributed by atoms with Gasteiger partial charge in [-0.1, -0.05) is 11.8 Å². The van der Waals surface area contributed by atoms with E-state index in [9.17, 15) is 10.0 Å². The van der Waals surface area contributed by atoms with E-state index in [4.69, 9.17) is 9.94 Å². The van der Waals surface area contributed by atoms with E-state index in [0.29, 0.717) is 6.61 Å². The van der Waals surface area contributed by atoms with Gasteiger partial charge in [-0.15, -0.1) is 0 Å². The van der Waals surface area contributed by atoms with E-state index >= 15 is 0 Å². The lowest BCUT2D eigenvalue weighted by Crippen LogP contribution is -2.11. The summed E-state index contributed by atoms with van der Waals surface area (Å²) >= 11 is 1.04. The van der Waals surface area contributed by atoms with Gasteiger partial charge in [0, 0.05) is 6.20 Å². The molecule has 0 saturated carbocycles. The molecule has 0 saturated heterocycles. The van der Waals surface area contributed by atoms with Crippen LogP contribution in [-0.2, 0) is 9.53 Å². The maximum Gasteiger partial charge on any atom is 0.316 e. The number of carbonyl (C=O) groups is 1. The Hall–Kier alpha value is -1.31. The monoisotopic (exact) mass is 243 g/mol. The minimum Gasteiger partial charge on any atom is -0.733 e. The second-order valence-electron chi connectivity index (χ2n) is 2.69. The third kappa shape index (κ3) is 3.69. The molecule has 6 nitrogen and oxygen atoms in total. The van der Waals surface area contributed by atoms with E-state index in [1.165, 1.54) is 18.3 Å². The highest BCUT2D eigenvalue weighted by atomic mass is 32.2. The van der Waals surface area contributed by atoms with Crippen LogP contribution >= 0.6 is 11.8 Å². The molecule has 0 radical (unpaired) electrons. The highest BCUT2D eigenvalue weighted by Crippen LogP contribution is 2.26. The van der Waals surface area contributed by atoms with Crippen molar-refractivity contribution in [1.82, 2.24) is 4.98 Å². The molecular formula is C9H11N2O4S-. The number of ether oxygens (including phenoxy) is 1. The summed E-state index contributed by atoms with van der Waals surface area (Å²) in [7, 11) is 0. The van der Waals surface area contributed by atoms with Gasteiger partial charge in [0.15, 0.2) is 0 Å². The fourth-order valence-corrected chi connectivity index (χ4v) is 1.74. The molecule has 0 aliphatic rings. The number of hydrogen-bond acceptors (Lipinski definition) is 7. The molecule has 0 bridgehead atoms. The number of anilines is 1. The number of carbonyl (C=O) groups excluding carboxylic acids is 1. The molecular weight excluding hydrogens is 232 g/mol. The molecule has 0 fully saturated rings. The zero-order valence-corrected chi connectivity index (χ0v) is 9.44. The van der Waals surface area contributed by atoms with E-state index in [1.54, 1.807) is 6.92 Å². The summed E-state index contributed by atoms with van der Waals surface area (Å²) in [4.78, 5) is 15.0. The van der Waals surface area contributed by atoms with Crippen LogP contribution in [0.1, 0.15) is 6.92 Å². The molecule has 7 heteroatoms. The zero-order valence-electron chi connectivity index (χ0n) is 8.62. The van der Waals surface area contributed by atoms with Gasteiger partial charge in [0.1, 0.15) is 5.03 Å². The average molecular weight is 243 g/mol. The van der Waals surface area contributed by atoms with E-state index in [1.807, 2.05) is 0 Å². The maximum absolute atomic E-state index is 11.1. The molecule has 16 heavy (non-hydrogen) atoms. The van der Waals surface area contributed by atoms with Gasteiger partial charge < -0.3 is 15.2 Å². The predicted octanol–water partition coefficient (Wildman–Crippen LogP) is 1.43. The lowest BCUT2D eigenvalue weighted by atomic mass is 10.4. The molecule has 1 heterocycles. The van der Waals surface area contributed by atoms with Gasteiger partial charge in [0.25, 0.3) is 0 Å². The molecule has 0 aliphatic carbocycles. The highest BCUT2D eigenvalue weighted by molar-refractivity contribution is 8.00. The number of rotatable bonds is 5. The first-order valence-electron chi connectivity index (χ1n) is 4.54. The second-order valence-corrected chi connectivity index (χ2v) is 3.66. The predicted molar refractivity (Wildman–Crippen MR) is 59.2 cm³/mol. The average Bonchev–Trinajstić information content (AvgIpc) is 2.27. The van der Waals surface area contributed by atoms with Gasteiger partial charge in [-0.2, -0.15) is 0 Å². The Morgan fingerprint density at radius 2 is 2.50 bits per heavy atom. The van der Waals surface area contributed by atoms with Crippen LogP contribution in [0.5, 0.6) is 0 Å². The van der Waals surface area contributed by atoms with Crippen molar-refractivity contribution in [2.24, 2.45) is 0 Å². The smallest absolute Gasteiger partial charge is 0.316 e. The molecule has 0 amide bonds. The zero-order chi connectivity index (χ0) is 12.0. The topological polar surface area (TPSA) is 85.7 Å². The third-order valence-electron chi connectivity index (χ3n) is 1.59. The Bertz CT molecular complexity index is 359. The summed E-state index contributed by atoms with van der Waals surface area (Å²) in [5.41, 5.74) is 0.0109. The normalized spacial score (nSPS) is 9.94. The molecule has 0 spiro atoms. The first kappa shape index (κ1) is 12.8. The van der Waals surface area contributed by atoms with Crippen molar-refractivity contribution >= 4 is 23.4 Å². The molecule has 0 aliphatic heterocycles. The van der Waals surface area contributed by atoms with Gasteiger partial charge in [-0.05, 0) is 19.1 Å². The Morgan fingerprint density at radius 3 is 3.12 bits per heavy atom. The van der Waals surface area contributed by atoms with Gasteiger partial charge in [0.2, 0.25) is 0 Å². The summed E-state index contributed by atoms with van der Waals surface area (Å²) in [5.74, 6) is -0.342. The number of nitrogens with zero attached hydrogens (tertiary/aromatic N) is 2. The van der Waals surface area contributed by atoms with E-state index in [0.717, 1.165) is 11.8 Å². The van der Waals surface area contributed by atoms with Crippen LogP contribution in [0.15, 0.2) is 23.4 Å². The number of thioether (sulfide) groups is 1. The minimum atomic E-state index is -0.389. The number of pyridine rings is 1. The van der Waals surface area contributed by atoms with Gasteiger partial charge in [-0.25, -0.2) is 4.98 Å². The Labute approximate surface area is 96.8 Å². The van der Waals surface area contributed by atoms with Gasteiger partial charge in [0.05, 0.1) is 18.0 Å². The van der Waals surface area contributed by atoms with Crippen LogP contribution in [0, 0.1) is 5.21 Å². The third-order valence-corrected chi connectivity index (χ3v) is 2.56. The van der Waals surface area contributed by atoms with Crippen molar-refractivity contribution in [3.05, 3.63) is 23.5 Å². The van der Waals surface area contributed by atoms with Crippen LogP contribution in [-0.4, -0.2) is 28.5 Å². The van der Waals surface area contributed by atoms with E-state index < -0.39 is 0 Å². The summed E-state index contributed by atoms with van der Waals surface area (Å²) in [6.07, 6.45) is 1.47. The second kappa shape index (κ2) is 6.31. The largest absolute Gasteiger partial charge is 0.733 e. The van der Waals surface area contributed by atoms with Crippen molar-refractivity contribution in [3.63, 3.8) is 0 Å². The number of hydrogen-bond donors (Lipinski definition) is 1. The fourth-order valence-electron chi connectivity index (χ4n) is 0.969. The molecule has 1 N–H and O–H groups in total. The maximum atomic E-state index is 11.1. The van der Waals surface area contributed by atoms with Crippen LogP contribution in [0.25, 0.3) is 0 Å². The summed E-state index contributed by atoms with van der Waals surface area (Å²) in [5, 5.41) is 19.5. The van der Waals surface area contributed by atoms with Gasteiger partial charge in [-0.3, -0.25) is 10.0 Å². The Morgan fingerprint density at radius 1 is 1.75 bits per heavy atom. The van der Waals surface area contributed by atoms with Crippen LogP contribution in [0.4, 0.5) is 5.69 Å². The molecule has 1 aromatic rings. The van der Waals surface area contributed by atoms with Crippen LogP contribution in [0.2, 0.25) is 0 Å². The number of aromatic nitrogens is 1. The Kier molecular flexibility index (Phi) is 5.03. The van der Waals surface area contributed by atoms with Crippen molar-refractivity contribution in [2.75, 3.05) is 17.6 Å². The molecule has 88 valence electrons. The van der Waals surface area contributed by atoms with Crippen LogP contribution in [0.3, 0.4) is 0 Å². The minimum absolute atomic E-state index is 0.0109. The molecule has 0 aromatic carbocycles. The fraction of sp³-hybridized carbons (Fsp3) is 0.333. The summed E-state index contributed by atoms with van der Waals surface area (Å²) in [6, 6.07) is 2.93. The standard InChI is InChI=1S/C9H11N2O4S/c1-2-15-8(12)6-16-9-7(11(13)14)4-3-5-10-9/h3-5,13H,2,6H2,1H3/q-1. The first-order chi connectivity index (χ1) is 7.65. The van der Waals surface area contributed by atoms with Crippen molar-refractivity contribution in [2.45, 2.75) is 11.9 Å². The number of esters is 1. The van der Waals surface area contributed by atoms with E-state index in [2.05, 4.69) is 4.98 Å². The summed E-state index contributed by atoms with van der Waals surface area (Å²) in [6.45, 7) is 2.02. The van der Waals surface area contributed by atoms with Crippen molar-refractivity contribution in [3.8, 4) is 0 Å². The highest BCUT2D eigenvalue weighted by Gasteiger charge is 2.08.